The molecule has 0 amide bonds. The third kappa shape index (κ3) is 4.47. The largest absolute Gasteiger partial charge is 0.279 e. The van der Waals surface area contributed by atoms with E-state index in [4.69, 9.17) is 0 Å². The molecule has 0 saturated carbocycles. The van der Waals surface area contributed by atoms with Gasteiger partial charge in [-0.2, -0.15) is 0 Å². The Kier molecular flexibility index (Phi) is 5.40. The van der Waals surface area contributed by atoms with Gasteiger partial charge in [0.15, 0.2) is 0 Å². The molecule has 3 heteroatoms. The van der Waals surface area contributed by atoms with Crippen molar-refractivity contribution in [3.8, 4) is 0 Å². The smallest absolute Gasteiger partial charge is 0.244 e. The highest BCUT2D eigenvalue weighted by molar-refractivity contribution is 4.71. The minimum atomic E-state index is 0.396. The van der Waals surface area contributed by atoms with Crippen LogP contribution in [0.3, 0.4) is 0 Å². The summed E-state index contributed by atoms with van der Waals surface area (Å²) in [4.78, 5) is 0. The molecule has 1 aromatic rings. The first-order chi connectivity index (χ1) is 7.24. The van der Waals surface area contributed by atoms with Crippen molar-refractivity contribution in [1.82, 2.24) is 9.88 Å². The Bertz CT molecular complexity index is 268. The second-order valence-electron chi connectivity index (χ2n) is 4.22. The highest BCUT2D eigenvalue weighted by atomic mass is 15.2. The van der Waals surface area contributed by atoms with Crippen molar-refractivity contribution < 1.29 is 4.57 Å². The van der Waals surface area contributed by atoms with Crippen molar-refractivity contribution in [3.63, 3.8) is 0 Å². The zero-order valence-corrected chi connectivity index (χ0v) is 10.2. The number of rotatable bonds is 7. The van der Waals surface area contributed by atoms with Crippen LogP contribution in [0.1, 0.15) is 45.7 Å². The SMILES string of the molecule is CCCCCCNC(C)n1cc[n+](C)c1. The summed E-state index contributed by atoms with van der Waals surface area (Å²) in [6.07, 6.45) is 12.0. The molecular weight excluding hydrogens is 186 g/mol. The van der Waals surface area contributed by atoms with Crippen LogP contribution in [0.25, 0.3) is 0 Å². The number of nitrogens with zero attached hydrogens (tertiary/aromatic N) is 2. The van der Waals surface area contributed by atoms with E-state index in [0.29, 0.717) is 6.17 Å². The van der Waals surface area contributed by atoms with E-state index < -0.39 is 0 Å². The van der Waals surface area contributed by atoms with Crippen molar-refractivity contribution in [3.05, 3.63) is 18.7 Å². The fourth-order valence-corrected chi connectivity index (χ4v) is 1.67. The van der Waals surface area contributed by atoms with Gasteiger partial charge in [0, 0.05) is 0 Å². The van der Waals surface area contributed by atoms with Gasteiger partial charge in [-0.25, -0.2) is 9.13 Å². The van der Waals surface area contributed by atoms with Crippen molar-refractivity contribution >= 4 is 0 Å². The molecule has 0 fully saturated rings. The summed E-state index contributed by atoms with van der Waals surface area (Å²) in [5, 5.41) is 3.52. The Balaban J connectivity index is 2.16. The van der Waals surface area contributed by atoms with Gasteiger partial charge in [0.1, 0.15) is 18.6 Å². The van der Waals surface area contributed by atoms with Gasteiger partial charge in [-0.05, 0) is 19.9 Å². The monoisotopic (exact) mass is 210 g/mol. The number of unbranched alkanes of at least 4 members (excludes halogenated alkanes) is 3. The molecule has 1 N–H and O–H groups in total. The van der Waals surface area contributed by atoms with Crippen LogP contribution in [0, 0.1) is 0 Å². The van der Waals surface area contributed by atoms with Gasteiger partial charge in [-0.15, -0.1) is 0 Å². The average molecular weight is 210 g/mol. The Morgan fingerprint density at radius 2 is 2.13 bits per heavy atom. The molecule has 1 rings (SSSR count). The molecule has 0 spiro atoms. The number of nitrogens with one attached hydrogen (secondary N) is 1. The molecule has 1 aromatic heterocycles. The van der Waals surface area contributed by atoms with Crippen LogP contribution in [0.2, 0.25) is 0 Å². The predicted molar refractivity (Wildman–Crippen MR) is 62.5 cm³/mol. The number of aryl methyl sites for hydroxylation is 1. The summed E-state index contributed by atoms with van der Waals surface area (Å²) in [6.45, 7) is 5.55. The molecule has 1 atom stereocenters. The fraction of sp³-hybridized carbons (Fsp3) is 0.750. The normalized spacial score (nSPS) is 13.0. The van der Waals surface area contributed by atoms with Crippen LogP contribution in [-0.4, -0.2) is 11.1 Å². The molecule has 86 valence electrons. The van der Waals surface area contributed by atoms with E-state index in [2.05, 4.69) is 47.0 Å². The van der Waals surface area contributed by atoms with Crippen molar-refractivity contribution in [2.24, 2.45) is 7.05 Å². The Morgan fingerprint density at radius 3 is 2.73 bits per heavy atom. The molecule has 1 unspecified atom stereocenters. The van der Waals surface area contributed by atoms with Crippen molar-refractivity contribution in [2.75, 3.05) is 6.54 Å². The Labute approximate surface area is 93.1 Å². The molecule has 1 heterocycles. The van der Waals surface area contributed by atoms with E-state index in [1.165, 1.54) is 25.7 Å². The molecule has 3 nitrogen and oxygen atoms in total. The second-order valence-corrected chi connectivity index (χ2v) is 4.22. The lowest BCUT2D eigenvalue weighted by Gasteiger charge is -2.09. The van der Waals surface area contributed by atoms with E-state index in [1.807, 2.05) is 7.05 Å². The Morgan fingerprint density at radius 1 is 1.33 bits per heavy atom. The molecule has 0 bridgehead atoms. The molecule has 0 saturated heterocycles. The van der Waals surface area contributed by atoms with E-state index in [1.54, 1.807) is 0 Å². The lowest BCUT2D eigenvalue weighted by atomic mass is 10.2. The minimum absolute atomic E-state index is 0.396. The maximum Gasteiger partial charge on any atom is 0.244 e. The lowest BCUT2D eigenvalue weighted by Crippen LogP contribution is -2.28. The van der Waals surface area contributed by atoms with Gasteiger partial charge >= 0.3 is 0 Å². The second kappa shape index (κ2) is 6.62. The molecule has 0 radical (unpaired) electrons. The minimum Gasteiger partial charge on any atom is -0.279 e. The van der Waals surface area contributed by atoms with Crippen LogP contribution in [0.5, 0.6) is 0 Å². The van der Waals surface area contributed by atoms with Crippen molar-refractivity contribution in [1.29, 1.82) is 0 Å². The number of aromatic nitrogens is 2. The first-order valence-corrected chi connectivity index (χ1v) is 6.00. The summed E-state index contributed by atoms with van der Waals surface area (Å²) < 4.78 is 4.26. The Hall–Kier alpha value is -0.830. The zero-order valence-electron chi connectivity index (χ0n) is 10.2. The quantitative estimate of drug-likeness (QED) is 0.539. The van der Waals surface area contributed by atoms with E-state index in [0.717, 1.165) is 6.54 Å². The number of imidazole rings is 1. The first-order valence-electron chi connectivity index (χ1n) is 6.00. The third-order valence-electron chi connectivity index (χ3n) is 2.71. The van der Waals surface area contributed by atoms with Crippen LogP contribution in [0.15, 0.2) is 18.7 Å². The van der Waals surface area contributed by atoms with Gasteiger partial charge in [-0.3, -0.25) is 5.32 Å². The molecule has 0 aliphatic rings. The maximum atomic E-state index is 3.52. The number of hydrogen-bond acceptors (Lipinski definition) is 1. The summed E-state index contributed by atoms with van der Waals surface area (Å²) in [6, 6.07) is 0. The standard InChI is InChI=1S/C12H24N3/c1-4-5-6-7-8-13-12(2)15-10-9-14(3)11-15/h9-13H,4-8H2,1-3H3/q+1. The van der Waals surface area contributed by atoms with Gasteiger partial charge in [0.25, 0.3) is 0 Å². The van der Waals surface area contributed by atoms with Gasteiger partial charge < -0.3 is 0 Å². The van der Waals surface area contributed by atoms with Crippen LogP contribution >= 0.6 is 0 Å². The highest BCUT2D eigenvalue weighted by Gasteiger charge is 2.08. The summed E-state index contributed by atoms with van der Waals surface area (Å²) in [7, 11) is 2.05. The molecule has 0 aromatic carbocycles. The predicted octanol–water partition coefficient (Wildman–Crippen LogP) is 2.00. The van der Waals surface area contributed by atoms with Crippen molar-refractivity contribution in [2.45, 2.75) is 45.7 Å². The molecule has 0 aliphatic carbocycles. The van der Waals surface area contributed by atoms with Crippen LogP contribution in [0.4, 0.5) is 0 Å². The fourth-order valence-electron chi connectivity index (χ4n) is 1.67. The first kappa shape index (κ1) is 12.2. The zero-order chi connectivity index (χ0) is 11.1. The summed E-state index contributed by atoms with van der Waals surface area (Å²) in [5.41, 5.74) is 0. The molecular formula is C12H24N3+. The van der Waals surface area contributed by atoms with E-state index in [9.17, 15) is 0 Å². The van der Waals surface area contributed by atoms with Crippen LogP contribution < -0.4 is 9.88 Å². The molecule has 0 aliphatic heterocycles. The summed E-state index contributed by atoms with van der Waals surface area (Å²) >= 11 is 0. The number of hydrogen-bond donors (Lipinski definition) is 1. The maximum absolute atomic E-state index is 3.52. The topological polar surface area (TPSA) is 20.8 Å². The lowest BCUT2D eigenvalue weighted by molar-refractivity contribution is -0.671. The summed E-state index contributed by atoms with van der Waals surface area (Å²) in [5.74, 6) is 0. The van der Waals surface area contributed by atoms with E-state index in [-0.39, 0.29) is 0 Å². The van der Waals surface area contributed by atoms with Gasteiger partial charge in [0.2, 0.25) is 6.33 Å². The van der Waals surface area contributed by atoms with Crippen LogP contribution in [-0.2, 0) is 7.05 Å². The highest BCUT2D eigenvalue weighted by Crippen LogP contribution is 2.01. The van der Waals surface area contributed by atoms with Gasteiger partial charge in [-0.1, -0.05) is 26.2 Å². The average Bonchev–Trinajstić information content (AvgIpc) is 2.64. The molecule has 15 heavy (non-hydrogen) atoms. The third-order valence-corrected chi connectivity index (χ3v) is 2.71. The van der Waals surface area contributed by atoms with E-state index >= 15 is 0 Å². The van der Waals surface area contributed by atoms with Gasteiger partial charge in [0.05, 0.1) is 7.05 Å².